The maximum absolute atomic E-state index is 4.18. The highest BCUT2D eigenvalue weighted by atomic mass is 32.1. The maximum Gasteiger partial charge on any atom is 0.0794 e. The average Bonchev–Trinajstić information content (AvgIpc) is 2.90. The van der Waals surface area contributed by atoms with Crippen LogP contribution in [0.2, 0.25) is 0 Å². The van der Waals surface area contributed by atoms with Gasteiger partial charge in [-0.15, -0.1) is 11.3 Å². The van der Waals surface area contributed by atoms with Gasteiger partial charge in [0.1, 0.15) is 0 Å². The lowest BCUT2D eigenvalue weighted by Crippen LogP contribution is -2.33. The van der Waals surface area contributed by atoms with Gasteiger partial charge in [0, 0.05) is 29.5 Å². The third-order valence-corrected chi connectivity index (χ3v) is 3.62. The number of rotatable bonds is 7. The molecule has 4 heteroatoms. The van der Waals surface area contributed by atoms with Gasteiger partial charge in [0.05, 0.1) is 5.51 Å². The van der Waals surface area contributed by atoms with Gasteiger partial charge in [-0.05, 0) is 37.4 Å². The summed E-state index contributed by atoms with van der Waals surface area (Å²) in [5, 5.41) is 3.61. The van der Waals surface area contributed by atoms with Gasteiger partial charge in [0.25, 0.3) is 0 Å². The molecule has 0 saturated carbocycles. The zero-order chi connectivity index (χ0) is 12.6. The van der Waals surface area contributed by atoms with Crippen molar-refractivity contribution in [3.63, 3.8) is 0 Å². The number of pyridine rings is 1. The quantitative estimate of drug-likeness (QED) is 0.832. The lowest BCUT2D eigenvalue weighted by atomic mass is 10.0. The number of hydrogen-bond acceptors (Lipinski definition) is 4. The molecule has 0 fully saturated rings. The Morgan fingerprint density at radius 1 is 1.28 bits per heavy atom. The molecular formula is C14H19N3S. The van der Waals surface area contributed by atoms with Crippen LogP contribution >= 0.6 is 11.3 Å². The Labute approximate surface area is 112 Å². The average molecular weight is 261 g/mol. The Morgan fingerprint density at radius 3 is 2.89 bits per heavy atom. The fraction of sp³-hybridized carbons (Fsp3) is 0.429. The molecular weight excluding hydrogens is 242 g/mol. The molecule has 0 aliphatic carbocycles. The van der Waals surface area contributed by atoms with Gasteiger partial charge in [0.15, 0.2) is 0 Å². The van der Waals surface area contributed by atoms with Crippen molar-refractivity contribution in [2.45, 2.75) is 32.2 Å². The summed E-state index contributed by atoms with van der Waals surface area (Å²) >= 11 is 1.73. The van der Waals surface area contributed by atoms with E-state index in [0.29, 0.717) is 6.04 Å². The number of aromatic nitrogens is 2. The first-order chi connectivity index (χ1) is 8.88. The third kappa shape index (κ3) is 4.20. The van der Waals surface area contributed by atoms with E-state index in [2.05, 4.69) is 28.3 Å². The fourth-order valence-electron chi connectivity index (χ4n) is 1.95. The predicted molar refractivity (Wildman–Crippen MR) is 75.8 cm³/mol. The number of nitrogens with zero attached hydrogens (tertiary/aromatic N) is 2. The van der Waals surface area contributed by atoms with E-state index in [1.807, 2.05) is 30.2 Å². The minimum atomic E-state index is 0.467. The molecule has 18 heavy (non-hydrogen) atoms. The predicted octanol–water partition coefficient (Wildman–Crippen LogP) is 2.69. The SMILES string of the molecule is CCCNC(Cc1cccnc1)Cc1cncs1. The lowest BCUT2D eigenvalue weighted by molar-refractivity contribution is 0.506. The van der Waals surface area contributed by atoms with Crippen LogP contribution in [0, 0.1) is 0 Å². The van der Waals surface area contributed by atoms with Crippen LogP contribution in [0.4, 0.5) is 0 Å². The molecule has 1 N–H and O–H groups in total. The Bertz CT molecular complexity index is 428. The van der Waals surface area contributed by atoms with Gasteiger partial charge in [0.2, 0.25) is 0 Å². The summed E-state index contributed by atoms with van der Waals surface area (Å²) in [6, 6.07) is 4.61. The first-order valence-electron chi connectivity index (χ1n) is 6.38. The van der Waals surface area contributed by atoms with Crippen LogP contribution in [0.15, 0.2) is 36.2 Å². The largest absolute Gasteiger partial charge is 0.313 e. The molecule has 2 aromatic rings. The van der Waals surface area contributed by atoms with Gasteiger partial charge in [-0.1, -0.05) is 13.0 Å². The summed E-state index contributed by atoms with van der Waals surface area (Å²) in [6.07, 6.45) is 8.96. The van der Waals surface area contributed by atoms with E-state index in [4.69, 9.17) is 0 Å². The van der Waals surface area contributed by atoms with E-state index in [9.17, 15) is 0 Å². The Morgan fingerprint density at radius 2 is 2.22 bits per heavy atom. The summed E-state index contributed by atoms with van der Waals surface area (Å²) < 4.78 is 0. The highest BCUT2D eigenvalue weighted by Crippen LogP contribution is 2.12. The van der Waals surface area contributed by atoms with Gasteiger partial charge in [-0.25, -0.2) is 0 Å². The standard InChI is InChI=1S/C14H19N3S/c1-2-5-17-13(8-14-10-16-11-18-14)7-12-4-3-6-15-9-12/h3-4,6,9-11,13,17H,2,5,7-8H2,1H3. The molecule has 3 nitrogen and oxygen atoms in total. The van der Waals surface area contributed by atoms with E-state index in [-0.39, 0.29) is 0 Å². The zero-order valence-electron chi connectivity index (χ0n) is 10.7. The molecule has 1 unspecified atom stereocenters. The van der Waals surface area contributed by atoms with E-state index in [1.165, 1.54) is 10.4 Å². The number of thiazole rings is 1. The second-order valence-electron chi connectivity index (χ2n) is 4.39. The molecule has 0 radical (unpaired) electrons. The van der Waals surface area contributed by atoms with Crippen LogP contribution in [0.1, 0.15) is 23.8 Å². The first-order valence-corrected chi connectivity index (χ1v) is 7.26. The highest BCUT2D eigenvalue weighted by molar-refractivity contribution is 7.09. The van der Waals surface area contributed by atoms with Crippen molar-refractivity contribution in [3.8, 4) is 0 Å². The van der Waals surface area contributed by atoms with Crippen LogP contribution in [-0.2, 0) is 12.8 Å². The molecule has 2 heterocycles. The van der Waals surface area contributed by atoms with Crippen molar-refractivity contribution in [1.29, 1.82) is 0 Å². The monoisotopic (exact) mass is 261 g/mol. The summed E-state index contributed by atoms with van der Waals surface area (Å²) in [5.74, 6) is 0. The third-order valence-electron chi connectivity index (χ3n) is 2.82. The lowest BCUT2D eigenvalue weighted by Gasteiger charge is -2.17. The van der Waals surface area contributed by atoms with Crippen molar-refractivity contribution in [1.82, 2.24) is 15.3 Å². The van der Waals surface area contributed by atoms with Crippen LogP contribution in [0.25, 0.3) is 0 Å². The molecule has 1 atom stereocenters. The first kappa shape index (κ1) is 13.2. The van der Waals surface area contributed by atoms with Gasteiger partial charge >= 0.3 is 0 Å². The maximum atomic E-state index is 4.18. The van der Waals surface area contributed by atoms with E-state index in [1.54, 1.807) is 11.3 Å². The van der Waals surface area contributed by atoms with Crippen LogP contribution in [0.3, 0.4) is 0 Å². The van der Waals surface area contributed by atoms with Crippen LogP contribution in [0.5, 0.6) is 0 Å². The molecule has 0 aliphatic rings. The van der Waals surface area contributed by atoms with Crippen molar-refractivity contribution < 1.29 is 0 Å². The zero-order valence-corrected chi connectivity index (χ0v) is 11.5. The Balaban J connectivity index is 1.96. The molecule has 2 rings (SSSR count). The van der Waals surface area contributed by atoms with Crippen molar-refractivity contribution in [2.24, 2.45) is 0 Å². The fourth-order valence-corrected chi connectivity index (χ4v) is 2.63. The Hall–Kier alpha value is -1.26. The molecule has 0 aliphatic heterocycles. The van der Waals surface area contributed by atoms with Gasteiger partial charge < -0.3 is 5.32 Å². The molecule has 96 valence electrons. The second-order valence-corrected chi connectivity index (χ2v) is 5.36. The Kier molecular flexibility index (Phi) is 5.30. The molecule has 0 aromatic carbocycles. The summed E-state index contributed by atoms with van der Waals surface area (Å²) in [7, 11) is 0. The summed E-state index contributed by atoms with van der Waals surface area (Å²) in [6.45, 7) is 3.25. The molecule has 0 spiro atoms. The van der Waals surface area contributed by atoms with Crippen molar-refractivity contribution in [3.05, 3.63) is 46.7 Å². The number of nitrogens with one attached hydrogen (secondary N) is 1. The van der Waals surface area contributed by atoms with Crippen molar-refractivity contribution >= 4 is 11.3 Å². The van der Waals surface area contributed by atoms with E-state index in [0.717, 1.165) is 25.8 Å². The van der Waals surface area contributed by atoms with E-state index < -0.39 is 0 Å². The molecule has 0 bridgehead atoms. The molecule has 2 aromatic heterocycles. The minimum absolute atomic E-state index is 0.467. The van der Waals surface area contributed by atoms with E-state index >= 15 is 0 Å². The van der Waals surface area contributed by atoms with Gasteiger partial charge in [-0.3, -0.25) is 9.97 Å². The van der Waals surface area contributed by atoms with Crippen LogP contribution in [-0.4, -0.2) is 22.6 Å². The second kappa shape index (κ2) is 7.24. The summed E-state index contributed by atoms with van der Waals surface area (Å²) in [4.78, 5) is 9.66. The highest BCUT2D eigenvalue weighted by Gasteiger charge is 2.10. The minimum Gasteiger partial charge on any atom is -0.313 e. The molecule has 0 amide bonds. The topological polar surface area (TPSA) is 37.8 Å². The van der Waals surface area contributed by atoms with Gasteiger partial charge in [-0.2, -0.15) is 0 Å². The molecule has 0 saturated heterocycles. The van der Waals surface area contributed by atoms with Crippen molar-refractivity contribution in [2.75, 3.05) is 6.54 Å². The van der Waals surface area contributed by atoms with Crippen LogP contribution < -0.4 is 5.32 Å². The summed E-state index contributed by atoms with van der Waals surface area (Å²) in [5.41, 5.74) is 3.19. The number of hydrogen-bond donors (Lipinski definition) is 1. The normalized spacial score (nSPS) is 12.5. The smallest absolute Gasteiger partial charge is 0.0794 e.